The number of para-hydroxylation sites is 1. The molecule has 9 heteroatoms. The lowest BCUT2D eigenvalue weighted by Crippen LogP contribution is -2.50. The first-order chi connectivity index (χ1) is 16.6. The fourth-order valence-corrected chi connectivity index (χ4v) is 5.28. The van der Waals surface area contributed by atoms with E-state index in [-0.39, 0.29) is 17.3 Å². The molecule has 0 aliphatic carbocycles. The van der Waals surface area contributed by atoms with Gasteiger partial charge in [0.05, 0.1) is 10.6 Å². The van der Waals surface area contributed by atoms with Crippen molar-refractivity contribution in [3.8, 4) is 0 Å². The Labute approximate surface area is 211 Å². The number of carbonyl (C=O) groups is 2. The lowest BCUT2D eigenvalue weighted by Gasteiger charge is -2.32. The Morgan fingerprint density at radius 2 is 1.54 bits per heavy atom. The van der Waals surface area contributed by atoms with Gasteiger partial charge in [-0.3, -0.25) is 13.9 Å². The Hall–Kier alpha value is -3.36. The van der Waals surface area contributed by atoms with Crippen molar-refractivity contribution in [2.45, 2.75) is 31.3 Å². The molecular formula is C26H28ClN3O4S. The van der Waals surface area contributed by atoms with Gasteiger partial charge in [-0.15, -0.1) is 0 Å². The molecular weight excluding hydrogens is 486 g/mol. The molecule has 0 aromatic heterocycles. The van der Waals surface area contributed by atoms with Gasteiger partial charge in [-0.1, -0.05) is 60.1 Å². The predicted octanol–water partition coefficient (Wildman–Crippen LogP) is 4.01. The molecule has 1 atom stereocenters. The Balaban J connectivity index is 2.03. The number of halogens is 1. The lowest BCUT2D eigenvalue weighted by molar-refractivity contribution is -0.139. The Morgan fingerprint density at radius 1 is 0.943 bits per heavy atom. The number of rotatable bonds is 9. The van der Waals surface area contributed by atoms with Crippen LogP contribution in [0.2, 0.25) is 5.02 Å². The van der Waals surface area contributed by atoms with E-state index in [1.54, 1.807) is 80.6 Å². The first kappa shape index (κ1) is 26.2. The van der Waals surface area contributed by atoms with Crippen LogP contribution in [0.1, 0.15) is 18.1 Å². The first-order valence-electron chi connectivity index (χ1n) is 11.0. The van der Waals surface area contributed by atoms with Gasteiger partial charge < -0.3 is 10.2 Å². The van der Waals surface area contributed by atoms with E-state index in [2.05, 4.69) is 5.32 Å². The van der Waals surface area contributed by atoms with E-state index in [0.717, 1.165) is 9.87 Å². The van der Waals surface area contributed by atoms with Gasteiger partial charge in [0, 0.05) is 18.6 Å². The van der Waals surface area contributed by atoms with Crippen LogP contribution in [0.5, 0.6) is 0 Å². The van der Waals surface area contributed by atoms with Crippen LogP contribution in [0, 0.1) is 6.92 Å². The number of aryl methyl sites for hydroxylation is 1. The standard InChI is InChI=1S/C26H28ClN3O4S/c1-19-9-7-8-12-24(19)30(35(33,34)23-10-5-4-6-11-23)18-25(31)29(20(2)26(32)28-3)17-21-13-15-22(27)16-14-21/h4-16,20H,17-18H2,1-3H3,(H,28,32). The predicted molar refractivity (Wildman–Crippen MR) is 138 cm³/mol. The number of benzene rings is 3. The summed E-state index contributed by atoms with van der Waals surface area (Å²) in [5, 5.41) is 3.11. The second kappa shape index (κ2) is 11.4. The molecule has 0 fully saturated rings. The van der Waals surface area contributed by atoms with Crippen LogP contribution in [0.3, 0.4) is 0 Å². The Kier molecular flexibility index (Phi) is 8.53. The number of sulfonamides is 1. The monoisotopic (exact) mass is 513 g/mol. The average Bonchev–Trinajstić information content (AvgIpc) is 2.86. The minimum Gasteiger partial charge on any atom is -0.357 e. The molecule has 7 nitrogen and oxygen atoms in total. The van der Waals surface area contributed by atoms with Crippen molar-refractivity contribution in [1.82, 2.24) is 10.2 Å². The second-order valence-corrected chi connectivity index (χ2v) is 10.3. The summed E-state index contributed by atoms with van der Waals surface area (Å²) in [4.78, 5) is 27.6. The average molecular weight is 514 g/mol. The maximum absolute atomic E-state index is 13.7. The smallest absolute Gasteiger partial charge is 0.264 e. The minimum absolute atomic E-state index is 0.0691. The topological polar surface area (TPSA) is 86.8 Å². The SMILES string of the molecule is CNC(=O)C(C)N(Cc1ccc(Cl)cc1)C(=O)CN(c1ccccc1C)S(=O)(=O)c1ccccc1. The molecule has 0 radical (unpaired) electrons. The van der Waals surface area contributed by atoms with Gasteiger partial charge in [-0.25, -0.2) is 8.42 Å². The van der Waals surface area contributed by atoms with Gasteiger partial charge in [0.15, 0.2) is 0 Å². The summed E-state index contributed by atoms with van der Waals surface area (Å²) in [6, 6.07) is 21.0. The molecule has 35 heavy (non-hydrogen) atoms. The number of carbonyl (C=O) groups excluding carboxylic acids is 2. The molecule has 1 N–H and O–H groups in total. The summed E-state index contributed by atoms with van der Waals surface area (Å²) in [6.45, 7) is 3.02. The van der Waals surface area contributed by atoms with Crippen molar-refractivity contribution in [2.75, 3.05) is 17.9 Å². The van der Waals surface area contributed by atoms with Crippen LogP contribution in [0.4, 0.5) is 5.69 Å². The Bertz CT molecular complexity index is 1280. The van der Waals surface area contributed by atoms with Crippen LogP contribution < -0.4 is 9.62 Å². The lowest BCUT2D eigenvalue weighted by atomic mass is 10.1. The van der Waals surface area contributed by atoms with Crippen molar-refractivity contribution in [1.29, 1.82) is 0 Å². The maximum Gasteiger partial charge on any atom is 0.264 e. The molecule has 184 valence electrons. The maximum atomic E-state index is 13.7. The molecule has 2 amide bonds. The molecule has 0 saturated carbocycles. The normalized spacial score (nSPS) is 12.0. The van der Waals surface area contributed by atoms with Crippen molar-refractivity contribution in [3.05, 3.63) is 95.0 Å². The van der Waals surface area contributed by atoms with E-state index in [4.69, 9.17) is 11.6 Å². The number of anilines is 1. The van der Waals surface area contributed by atoms with Gasteiger partial charge in [0.1, 0.15) is 12.6 Å². The highest BCUT2D eigenvalue weighted by atomic mass is 35.5. The molecule has 0 bridgehead atoms. The van der Waals surface area contributed by atoms with Gasteiger partial charge in [0.2, 0.25) is 11.8 Å². The van der Waals surface area contributed by atoms with Crippen molar-refractivity contribution < 1.29 is 18.0 Å². The van der Waals surface area contributed by atoms with E-state index in [0.29, 0.717) is 16.3 Å². The molecule has 0 spiro atoms. The van der Waals surface area contributed by atoms with Crippen LogP contribution in [-0.2, 0) is 26.2 Å². The first-order valence-corrected chi connectivity index (χ1v) is 12.9. The number of hydrogen-bond acceptors (Lipinski definition) is 4. The van der Waals surface area contributed by atoms with E-state index in [1.165, 1.54) is 24.1 Å². The highest BCUT2D eigenvalue weighted by Crippen LogP contribution is 2.27. The third kappa shape index (κ3) is 6.21. The van der Waals surface area contributed by atoms with Gasteiger partial charge >= 0.3 is 0 Å². The van der Waals surface area contributed by atoms with Crippen LogP contribution in [0.25, 0.3) is 0 Å². The largest absolute Gasteiger partial charge is 0.357 e. The van der Waals surface area contributed by atoms with Gasteiger partial charge in [-0.05, 0) is 55.3 Å². The number of nitrogens with one attached hydrogen (secondary N) is 1. The molecule has 3 aromatic carbocycles. The molecule has 3 aromatic rings. The van der Waals surface area contributed by atoms with Crippen LogP contribution >= 0.6 is 11.6 Å². The molecule has 0 saturated heterocycles. The van der Waals surface area contributed by atoms with Crippen molar-refractivity contribution in [2.24, 2.45) is 0 Å². The third-order valence-corrected chi connectivity index (χ3v) is 7.70. The molecule has 0 aliphatic heterocycles. The fourth-order valence-electron chi connectivity index (χ4n) is 3.65. The summed E-state index contributed by atoms with van der Waals surface area (Å²) in [5.74, 6) is -0.875. The van der Waals surface area contributed by atoms with Crippen LogP contribution in [0.15, 0.2) is 83.8 Å². The van der Waals surface area contributed by atoms with E-state index in [9.17, 15) is 18.0 Å². The van der Waals surface area contributed by atoms with Gasteiger partial charge in [0.25, 0.3) is 10.0 Å². The highest BCUT2D eigenvalue weighted by Gasteiger charge is 2.32. The zero-order valence-corrected chi connectivity index (χ0v) is 21.4. The summed E-state index contributed by atoms with van der Waals surface area (Å²) < 4.78 is 28.4. The minimum atomic E-state index is -4.07. The van der Waals surface area contributed by atoms with E-state index in [1.807, 2.05) is 0 Å². The zero-order chi connectivity index (χ0) is 25.6. The summed E-state index contributed by atoms with van der Waals surface area (Å²) in [6.07, 6.45) is 0. The Morgan fingerprint density at radius 3 is 2.14 bits per heavy atom. The van der Waals surface area contributed by atoms with Crippen molar-refractivity contribution in [3.63, 3.8) is 0 Å². The molecule has 3 rings (SSSR count). The van der Waals surface area contributed by atoms with E-state index < -0.39 is 28.5 Å². The highest BCUT2D eigenvalue weighted by molar-refractivity contribution is 7.92. The molecule has 1 unspecified atom stereocenters. The second-order valence-electron chi connectivity index (χ2n) is 8.05. The quantitative estimate of drug-likeness (QED) is 0.468. The van der Waals surface area contributed by atoms with Gasteiger partial charge in [-0.2, -0.15) is 0 Å². The summed E-state index contributed by atoms with van der Waals surface area (Å²) in [7, 11) is -2.58. The van der Waals surface area contributed by atoms with E-state index >= 15 is 0 Å². The number of hydrogen-bond donors (Lipinski definition) is 1. The molecule has 0 aliphatic rings. The van der Waals surface area contributed by atoms with Crippen LogP contribution in [-0.4, -0.2) is 44.8 Å². The number of nitrogens with zero attached hydrogens (tertiary/aromatic N) is 2. The summed E-state index contributed by atoms with van der Waals surface area (Å²) in [5.41, 5.74) is 1.85. The molecule has 0 heterocycles. The summed E-state index contributed by atoms with van der Waals surface area (Å²) >= 11 is 5.99. The van der Waals surface area contributed by atoms with Crippen molar-refractivity contribution >= 4 is 39.1 Å². The number of amides is 2. The number of likely N-dealkylation sites (N-methyl/N-ethyl adjacent to an activating group) is 1. The fraction of sp³-hybridized carbons (Fsp3) is 0.231. The third-order valence-electron chi connectivity index (χ3n) is 5.67. The zero-order valence-electron chi connectivity index (χ0n) is 19.8.